The quantitative estimate of drug-likeness (QED) is 0.726. The van der Waals surface area contributed by atoms with Crippen LogP contribution in [-0.4, -0.2) is 29.7 Å². The van der Waals surface area contributed by atoms with Gasteiger partial charge in [0.05, 0.1) is 6.61 Å². The molecule has 23 heavy (non-hydrogen) atoms. The first-order valence-corrected chi connectivity index (χ1v) is 7.74. The molecule has 1 unspecified atom stereocenters. The lowest BCUT2D eigenvalue weighted by Gasteiger charge is -2.16. The van der Waals surface area contributed by atoms with Crippen LogP contribution in [0.4, 0.5) is 23.0 Å². The van der Waals surface area contributed by atoms with Gasteiger partial charge in [0.1, 0.15) is 12.0 Å². The summed E-state index contributed by atoms with van der Waals surface area (Å²) in [5.74, 6) is 1.70. The molecule has 0 aliphatic heterocycles. The molecule has 0 saturated carbocycles. The maximum absolute atomic E-state index is 6.16. The highest BCUT2D eigenvalue weighted by Gasteiger charge is 2.11. The predicted octanol–water partition coefficient (Wildman–Crippen LogP) is 3.37. The normalized spacial score (nSPS) is 12.2. The lowest BCUT2D eigenvalue weighted by Crippen LogP contribution is -2.22. The van der Waals surface area contributed by atoms with Crippen LogP contribution < -0.4 is 16.4 Å². The molecule has 124 valence electrons. The molecule has 1 aromatic heterocycles. The summed E-state index contributed by atoms with van der Waals surface area (Å²) in [4.78, 5) is 8.42. The maximum Gasteiger partial charge on any atom is 0.159 e. The number of anilines is 4. The molecule has 0 saturated heterocycles. The number of methoxy groups -OCH3 is 1. The van der Waals surface area contributed by atoms with Crippen molar-refractivity contribution in [2.75, 3.05) is 30.1 Å². The van der Waals surface area contributed by atoms with Crippen molar-refractivity contribution < 1.29 is 4.74 Å². The fourth-order valence-electron chi connectivity index (χ4n) is 2.22. The van der Waals surface area contributed by atoms with E-state index in [9.17, 15) is 0 Å². The fraction of sp³-hybridized carbons (Fsp3) is 0.412. The van der Waals surface area contributed by atoms with Crippen molar-refractivity contribution in [1.82, 2.24) is 9.97 Å². The fourth-order valence-corrected chi connectivity index (χ4v) is 2.22. The lowest BCUT2D eigenvalue weighted by atomic mass is 10.0. The van der Waals surface area contributed by atoms with Gasteiger partial charge in [0.2, 0.25) is 0 Å². The Bertz CT molecular complexity index is 627. The Hall–Kier alpha value is -2.34. The number of nitrogen functional groups attached to an aromatic ring is 1. The number of nitrogens with one attached hydrogen (secondary N) is 2. The van der Waals surface area contributed by atoms with Gasteiger partial charge in [-0.2, -0.15) is 0 Å². The van der Waals surface area contributed by atoms with Gasteiger partial charge >= 0.3 is 0 Å². The number of nitrogens with zero attached hydrogens (tertiary/aromatic N) is 2. The van der Waals surface area contributed by atoms with Gasteiger partial charge in [-0.05, 0) is 30.5 Å². The summed E-state index contributed by atoms with van der Waals surface area (Å²) in [6, 6.07) is 8.36. The molecule has 0 aliphatic rings. The van der Waals surface area contributed by atoms with Crippen LogP contribution in [0.3, 0.4) is 0 Å². The molecule has 4 N–H and O–H groups in total. The van der Waals surface area contributed by atoms with Crippen LogP contribution in [0.1, 0.15) is 32.3 Å². The molecule has 6 nitrogen and oxygen atoms in total. The Kier molecular flexibility index (Phi) is 5.76. The summed E-state index contributed by atoms with van der Waals surface area (Å²) < 4.78 is 5.11. The third-order valence-corrected chi connectivity index (χ3v) is 3.52. The third-order valence-electron chi connectivity index (χ3n) is 3.52. The first-order valence-electron chi connectivity index (χ1n) is 7.74. The molecule has 0 radical (unpaired) electrons. The van der Waals surface area contributed by atoms with Crippen LogP contribution in [0.5, 0.6) is 0 Å². The Morgan fingerprint density at radius 2 is 1.74 bits per heavy atom. The molecule has 2 aromatic rings. The van der Waals surface area contributed by atoms with Crippen molar-refractivity contribution in [2.45, 2.75) is 32.7 Å². The van der Waals surface area contributed by atoms with E-state index in [4.69, 9.17) is 10.5 Å². The van der Waals surface area contributed by atoms with Crippen LogP contribution in [-0.2, 0) is 4.74 Å². The minimum Gasteiger partial charge on any atom is -0.393 e. The van der Waals surface area contributed by atoms with E-state index < -0.39 is 0 Å². The molecule has 2 rings (SSSR count). The summed E-state index contributed by atoms with van der Waals surface area (Å²) in [6.07, 6.45) is 1.49. The molecular formula is C17H25N5O. The molecule has 6 heteroatoms. The van der Waals surface area contributed by atoms with E-state index in [0.29, 0.717) is 29.8 Å². The zero-order valence-corrected chi connectivity index (χ0v) is 14.1. The van der Waals surface area contributed by atoms with Gasteiger partial charge in [-0.3, -0.25) is 0 Å². The molecule has 0 bridgehead atoms. The van der Waals surface area contributed by atoms with E-state index in [1.807, 2.05) is 19.1 Å². The molecule has 0 spiro atoms. The van der Waals surface area contributed by atoms with Crippen LogP contribution in [0.15, 0.2) is 30.6 Å². The van der Waals surface area contributed by atoms with Crippen molar-refractivity contribution in [1.29, 1.82) is 0 Å². The van der Waals surface area contributed by atoms with Gasteiger partial charge in [0, 0.05) is 18.8 Å². The van der Waals surface area contributed by atoms with Crippen molar-refractivity contribution in [3.05, 3.63) is 36.2 Å². The number of nitrogens with two attached hydrogens (primary N) is 1. The summed E-state index contributed by atoms with van der Waals surface area (Å²) in [5, 5.41) is 6.46. The number of ether oxygens (including phenoxy) is 1. The van der Waals surface area contributed by atoms with Crippen molar-refractivity contribution in [3.63, 3.8) is 0 Å². The van der Waals surface area contributed by atoms with E-state index in [-0.39, 0.29) is 6.04 Å². The monoisotopic (exact) mass is 315 g/mol. The number of hydrogen-bond donors (Lipinski definition) is 3. The van der Waals surface area contributed by atoms with Gasteiger partial charge in [-0.25, -0.2) is 9.97 Å². The maximum atomic E-state index is 6.16. The van der Waals surface area contributed by atoms with Gasteiger partial charge < -0.3 is 21.1 Å². The summed E-state index contributed by atoms with van der Waals surface area (Å²) in [6.45, 7) is 6.92. The molecule has 1 atom stereocenters. The predicted molar refractivity (Wildman–Crippen MR) is 95.2 cm³/mol. The summed E-state index contributed by atoms with van der Waals surface area (Å²) >= 11 is 0. The Morgan fingerprint density at radius 3 is 2.35 bits per heavy atom. The average Bonchev–Trinajstić information content (AvgIpc) is 2.52. The smallest absolute Gasteiger partial charge is 0.159 e. The molecule has 0 fully saturated rings. The van der Waals surface area contributed by atoms with Gasteiger partial charge in [-0.15, -0.1) is 0 Å². The van der Waals surface area contributed by atoms with Crippen LogP contribution in [0.25, 0.3) is 0 Å². The van der Waals surface area contributed by atoms with Gasteiger partial charge in [-0.1, -0.05) is 26.0 Å². The van der Waals surface area contributed by atoms with Gasteiger partial charge in [0.25, 0.3) is 0 Å². The highest BCUT2D eigenvalue weighted by molar-refractivity contribution is 5.77. The second kappa shape index (κ2) is 7.78. The second-order valence-electron chi connectivity index (χ2n) is 5.89. The highest BCUT2D eigenvalue weighted by Crippen LogP contribution is 2.27. The van der Waals surface area contributed by atoms with E-state index in [1.165, 1.54) is 11.9 Å². The molecular weight excluding hydrogens is 290 g/mol. The topological polar surface area (TPSA) is 85.1 Å². The van der Waals surface area contributed by atoms with Gasteiger partial charge in [0.15, 0.2) is 11.6 Å². The first kappa shape index (κ1) is 17.0. The summed E-state index contributed by atoms with van der Waals surface area (Å²) in [7, 11) is 1.66. The number of benzene rings is 1. The van der Waals surface area contributed by atoms with E-state index in [0.717, 1.165) is 5.69 Å². The zero-order valence-electron chi connectivity index (χ0n) is 14.1. The van der Waals surface area contributed by atoms with Crippen LogP contribution in [0, 0.1) is 0 Å². The van der Waals surface area contributed by atoms with E-state index in [1.54, 1.807) is 7.11 Å². The van der Waals surface area contributed by atoms with Crippen LogP contribution in [0.2, 0.25) is 0 Å². The number of hydrogen-bond acceptors (Lipinski definition) is 6. The molecule has 0 aliphatic carbocycles. The minimum atomic E-state index is 0.107. The Labute approximate surface area is 137 Å². The Balaban J connectivity index is 2.13. The van der Waals surface area contributed by atoms with Crippen LogP contribution >= 0.6 is 0 Å². The first-order chi connectivity index (χ1) is 11.0. The SMILES string of the molecule is COCC(C)Nc1ncnc(Nc2ccc(C(C)C)cc2)c1N. The second-order valence-corrected chi connectivity index (χ2v) is 5.89. The lowest BCUT2D eigenvalue weighted by molar-refractivity contribution is 0.190. The standard InChI is InChI=1S/C17H25N5O/c1-11(2)13-5-7-14(8-6-13)22-17-15(18)16(19-10-20-17)21-12(3)9-23-4/h5-8,10-12H,9,18H2,1-4H3,(H2,19,20,21,22). The number of aromatic nitrogens is 2. The molecule has 1 aromatic carbocycles. The number of rotatable bonds is 7. The van der Waals surface area contributed by atoms with Crippen molar-refractivity contribution in [3.8, 4) is 0 Å². The molecule has 0 amide bonds. The van der Waals surface area contributed by atoms with Crippen molar-refractivity contribution >= 4 is 23.0 Å². The zero-order chi connectivity index (χ0) is 16.8. The van der Waals surface area contributed by atoms with E-state index in [2.05, 4.69) is 46.6 Å². The summed E-state index contributed by atoms with van der Waals surface area (Å²) in [5.41, 5.74) is 8.89. The largest absolute Gasteiger partial charge is 0.393 e. The Morgan fingerprint density at radius 1 is 1.09 bits per heavy atom. The van der Waals surface area contributed by atoms with Crippen molar-refractivity contribution in [2.24, 2.45) is 0 Å². The average molecular weight is 315 g/mol. The molecule has 1 heterocycles. The third kappa shape index (κ3) is 4.56. The minimum absolute atomic E-state index is 0.107. The highest BCUT2D eigenvalue weighted by atomic mass is 16.5. The van der Waals surface area contributed by atoms with E-state index >= 15 is 0 Å².